The van der Waals surface area contributed by atoms with E-state index in [1.54, 1.807) is 0 Å². The Labute approximate surface area is 74.8 Å². The minimum absolute atomic E-state index is 0.799. The van der Waals surface area contributed by atoms with Gasteiger partial charge in [-0.15, -0.1) is 0 Å². The van der Waals surface area contributed by atoms with E-state index in [4.69, 9.17) is 5.73 Å². The predicted octanol–water partition coefficient (Wildman–Crippen LogP) is 2.65. The van der Waals surface area contributed by atoms with Crippen molar-refractivity contribution in [1.82, 2.24) is 0 Å². The lowest BCUT2D eigenvalue weighted by molar-refractivity contribution is 1.43. The van der Waals surface area contributed by atoms with Gasteiger partial charge in [0.25, 0.3) is 0 Å². The Balaban J connectivity index is 0.000000561. The third-order valence-electron chi connectivity index (χ3n) is 1.48. The largest absolute Gasteiger partial charge is 0.397 e. The molecule has 68 valence electrons. The van der Waals surface area contributed by atoms with Crippen LogP contribution in [0.2, 0.25) is 0 Å². The first kappa shape index (κ1) is 10.8. The Morgan fingerprint density at radius 1 is 1.25 bits per heavy atom. The minimum Gasteiger partial charge on any atom is -0.397 e. The average molecular weight is 166 g/mol. The van der Waals surface area contributed by atoms with E-state index in [9.17, 15) is 0 Å². The van der Waals surface area contributed by atoms with Crippen molar-refractivity contribution in [2.24, 2.45) is 0 Å². The molecule has 0 saturated carbocycles. The number of anilines is 2. The van der Waals surface area contributed by atoms with E-state index in [1.807, 2.05) is 46.0 Å². The lowest BCUT2D eigenvalue weighted by atomic mass is 10.2. The van der Waals surface area contributed by atoms with Crippen LogP contribution < -0.4 is 11.1 Å². The Hall–Kier alpha value is -1.18. The van der Waals surface area contributed by atoms with Crippen molar-refractivity contribution < 1.29 is 0 Å². The van der Waals surface area contributed by atoms with Gasteiger partial charge in [0.1, 0.15) is 0 Å². The van der Waals surface area contributed by atoms with Gasteiger partial charge in [-0.3, -0.25) is 0 Å². The van der Waals surface area contributed by atoms with Gasteiger partial charge in [-0.1, -0.05) is 19.9 Å². The van der Waals surface area contributed by atoms with Gasteiger partial charge in [0.15, 0.2) is 0 Å². The number of benzene rings is 1. The molecule has 0 radical (unpaired) electrons. The quantitative estimate of drug-likeness (QED) is 0.629. The molecule has 0 aliphatic carbocycles. The molecule has 0 aliphatic rings. The topological polar surface area (TPSA) is 38.0 Å². The first-order valence-corrected chi connectivity index (χ1v) is 4.28. The van der Waals surface area contributed by atoms with Crippen molar-refractivity contribution in [3.8, 4) is 0 Å². The molecule has 0 spiro atoms. The van der Waals surface area contributed by atoms with Crippen LogP contribution in [0.15, 0.2) is 18.2 Å². The van der Waals surface area contributed by atoms with Gasteiger partial charge in [-0.05, 0) is 24.6 Å². The molecule has 0 unspecified atom stereocenters. The third kappa shape index (κ3) is 2.82. The van der Waals surface area contributed by atoms with Crippen molar-refractivity contribution in [2.45, 2.75) is 20.8 Å². The molecular weight excluding hydrogens is 148 g/mol. The maximum Gasteiger partial charge on any atom is 0.0573 e. The summed E-state index contributed by atoms with van der Waals surface area (Å²) in [6, 6.07) is 5.92. The molecule has 0 aliphatic heterocycles. The Morgan fingerprint density at radius 2 is 1.83 bits per heavy atom. The summed E-state index contributed by atoms with van der Waals surface area (Å²) in [4.78, 5) is 0. The van der Waals surface area contributed by atoms with Crippen LogP contribution in [0.25, 0.3) is 0 Å². The average Bonchev–Trinajstić information content (AvgIpc) is 2.13. The molecule has 0 bridgehead atoms. The lowest BCUT2D eigenvalue weighted by Crippen LogP contribution is -1.95. The van der Waals surface area contributed by atoms with E-state index in [0.29, 0.717) is 0 Å². The molecule has 2 heteroatoms. The number of nitrogens with one attached hydrogen (secondary N) is 1. The van der Waals surface area contributed by atoms with Crippen LogP contribution in [-0.4, -0.2) is 7.05 Å². The number of aryl methyl sites for hydroxylation is 1. The second-order valence-electron chi connectivity index (χ2n) is 2.34. The zero-order valence-electron chi connectivity index (χ0n) is 8.31. The van der Waals surface area contributed by atoms with Crippen LogP contribution in [-0.2, 0) is 0 Å². The highest BCUT2D eigenvalue weighted by molar-refractivity contribution is 5.66. The summed E-state index contributed by atoms with van der Waals surface area (Å²) in [5.74, 6) is 0. The summed E-state index contributed by atoms with van der Waals surface area (Å²) in [6.07, 6.45) is 0. The molecule has 1 rings (SSSR count). The van der Waals surface area contributed by atoms with Crippen LogP contribution in [0.3, 0.4) is 0 Å². The van der Waals surface area contributed by atoms with Crippen LogP contribution >= 0.6 is 0 Å². The van der Waals surface area contributed by atoms with Crippen molar-refractivity contribution in [3.63, 3.8) is 0 Å². The Kier molecular flexibility index (Phi) is 4.93. The molecule has 0 saturated heterocycles. The van der Waals surface area contributed by atoms with E-state index < -0.39 is 0 Å². The molecular formula is C10H18N2. The van der Waals surface area contributed by atoms with Crippen LogP contribution in [0.4, 0.5) is 11.4 Å². The fraction of sp³-hybridized carbons (Fsp3) is 0.400. The number of hydrogen-bond donors (Lipinski definition) is 2. The van der Waals surface area contributed by atoms with Crippen LogP contribution in [0, 0.1) is 6.92 Å². The van der Waals surface area contributed by atoms with Crippen LogP contribution in [0.5, 0.6) is 0 Å². The molecule has 0 heterocycles. The Bertz CT molecular complexity index is 231. The van der Waals surface area contributed by atoms with E-state index >= 15 is 0 Å². The molecule has 0 atom stereocenters. The van der Waals surface area contributed by atoms with Crippen molar-refractivity contribution in [1.29, 1.82) is 0 Å². The SMILES string of the molecule is CC.CNc1cc(C)ccc1N. The van der Waals surface area contributed by atoms with E-state index in [2.05, 4.69) is 5.32 Å². The third-order valence-corrected chi connectivity index (χ3v) is 1.48. The van der Waals surface area contributed by atoms with E-state index in [1.165, 1.54) is 5.56 Å². The zero-order chi connectivity index (χ0) is 9.56. The predicted molar refractivity (Wildman–Crippen MR) is 56.5 cm³/mol. The minimum atomic E-state index is 0.799. The standard InChI is InChI=1S/C8H12N2.C2H6/c1-6-3-4-7(9)8(5-6)10-2;1-2/h3-5,10H,9H2,1-2H3;1-2H3. The summed E-state index contributed by atoms with van der Waals surface area (Å²) >= 11 is 0. The molecule has 0 aromatic heterocycles. The molecule has 3 N–H and O–H groups in total. The number of hydrogen-bond acceptors (Lipinski definition) is 2. The maximum atomic E-state index is 5.64. The second-order valence-corrected chi connectivity index (χ2v) is 2.34. The summed E-state index contributed by atoms with van der Waals surface area (Å²) < 4.78 is 0. The van der Waals surface area contributed by atoms with E-state index in [-0.39, 0.29) is 0 Å². The van der Waals surface area contributed by atoms with Gasteiger partial charge < -0.3 is 11.1 Å². The molecule has 0 amide bonds. The molecule has 0 fully saturated rings. The van der Waals surface area contributed by atoms with Gasteiger partial charge in [0.05, 0.1) is 11.4 Å². The fourth-order valence-corrected chi connectivity index (χ4v) is 0.887. The van der Waals surface area contributed by atoms with Gasteiger partial charge in [-0.25, -0.2) is 0 Å². The highest BCUT2D eigenvalue weighted by Gasteiger charge is 1.93. The summed E-state index contributed by atoms with van der Waals surface area (Å²) in [5, 5.41) is 3.01. The van der Waals surface area contributed by atoms with Crippen molar-refractivity contribution >= 4 is 11.4 Å². The molecule has 1 aromatic carbocycles. The van der Waals surface area contributed by atoms with Crippen molar-refractivity contribution in [2.75, 3.05) is 18.1 Å². The number of rotatable bonds is 1. The molecule has 2 nitrogen and oxygen atoms in total. The number of nitrogens with two attached hydrogens (primary N) is 1. The smallest absolute Gasteiger partial charge is 0.0573 e. The highest BCUT2D eigenvalue weighted by Crippen LogP contribution is 2.17. The summed E-state index contributed by atoms with van der Waals surface area (Å²) in [7, 11) is 1.87. The first-order valence-electron chi connectivity index (χ1n) is 4.28. The second kappa shape index (κ2) is 5.47. The van der Waals surface area contributed by atoms with Gasteiger partial charge >= 0.3 is 0 Å². The fourth-order valence-electron chi connectivity index (χ4n) is 0.887. The van der Waals surface area contributed by atoms with Gasteiger partial charge in [-0.2, -0.15) is 0 Å². The normalized spacial score (nSPS) is 8.33. The summed E-state index contributed by atoms with van der Waals surface area (Å²) in [6.45, 7) is 6.04. The van der Waals surface area contributed by atoms with Gasteiger partial charge in [0.2, 0.25) is 0 Å². The zero-order valence-corrected chi connectivity index (χ0v) is 8.31. The van der Waals surface area contributed by atoms with Gasteiger partial charge in [0, 0.05) is 7.05 Å². The Morgan fingerprint density at radius 3 is 2.25 bits per heavy atom. The molecule has 1 aromatic rings. The monoisotopic (exact) mass is 166 g/mol. The van der Waals surface area contributed by atoms with Crippen LogP contribution in [0.1, 0.15) is 19.4 Å². The summed E-state index contributed by atoms with van der Waals surface area (Å²) in [5.41, 5.74) is 8.66. The maximum absolute atomic E-state index is 5.64. The first-order chi connectivity index (χ1) is 5.74. The van der Waals surface area contributed by atoms with Crippen molar-refractivity contribution in [3.05, 3.63) is 23.8 Å². The number of nitrogen functional groups attached to an aromatic ring is 1. The molecule has 12 heavy (non-hydrogen) atoms. The van der Waals surface area contributed by atoms with E-state index in [0.717, 1.165) is 11.4 Å². The highest BCUT2D eigenvalue weighted by atomic mass is 14.8. The lowest BCUT2D eigenvalue weighted by Gasteiger charge is -2.04.